The third-order valence-corrected chi connectivity index (χ3v) is 4.65. The zero-order valence-electron chi connectivity index (χ0n) is 11.6. The monoisotopic (exact) mass is 293 g/mol. The van der Waals surface area contributed by atoms with Gasteiger partial charge in [0.05, 0.1) is 16.7 Å². The molecule has 0 bridgehead atoms. The van der Waals surface area contributed by atoms with Crippen LogP contribution in [-0.4, -0.2) is 22.9 Å². The summed E-state index contributed by atoms with van der Waals surface area (Å²) in [5.74, 6) is 1.22. The van der Waals surface area contributed by atoms with Gasteiger partial charge in [0.2, 0.25) is 0 Å². The number of nitrogens with two attached hydrogens (primary N) is 1. The predicted molar refractivity (Wildman–Crippen MR) is 78.7 cm³/mol. The van der Waals surface area contributed by atoms with Crippen molar-refractivity contribution >= 4 is 16.3 Å². The van der Waals surface area contributed by atoms with E-state index in [0.29, 0.717) is 18.1 Å². The molecule has 1 aliphatic rings. The summed E-state index contributed by atoms with van der Waals surface area (Å²) in [7, 11) is 0. The van der Waals surface area contributed by atoms with Crippen LogP contribution in [0.2, 0.25) is 0 Å². The van der Waals surface area contributed by atoms with Crippen molar-refractivity contribution in [1.82, 2.24) is 10.1 Å². The lowest BCUT2D eigenvalue weighted by atomic mass is 10.1. The Morgan fingerprint density at radius 1 is 1.45 bits per heavy atom. The molecule has 2 aromatic rings. The maximum absolute atomic E-state index is 6.01. The van der Waals surface area contributed by atoms with Crippen molar-refractivity contribution < 1.29 is 9.26 Å². The summed E-state index contributed by atoms with van der Waals surface area (Å²) in [5, 5.41) is 4.79. The van der Waals surface area contributed by atoms with Crippen LogP contribution < -0.4 is 5.73 Å². The molecule has 0 aromatic carbocycles. The molecule has 0 radical (unpaired) electrons. The number of hydrogen-bond acceptors (Lipinski definition) is 6. The van der Waals surface area contributed by atoms with Gasteiger partial charge in [-0.2, -0.15) is 4.98 Å². The lowest BCUT2D eigenvalue weighted by Crippen LogP contribution is -2.21. The van der Waals surface area contributed by atoms with E-state index in [9.17, 15) is 0 Å². The van der Waals surface area contributed by atoms with Gasteiger partial charge < -0.3 is 15.0 Å². The van der Waals surface area contributed by atoms with Crippen molar-refractivity contribution in [3.63, 3.8) is 0 Å². The van der Waals surface area contributed by atoms with Crippen LogP contribution in [0.15, 0.2) is 10.6 Å². The normalized spacial score (nSPS) is 19.4. The molecule has 108 valence electrons. The molecule has 0 amide bonds. The third-order valence-electron chi connectivity index (χ3n) is 3.54. The zero-order chi connectivity index (χ0) is 13.9. The van der Waals surface area contributed by atoms with Crippen molar-refractivity contribution in [2.45, 2.75) is 45.1 Å². The van der Waals surface area contributed by atoms with Crippen LogP contribution in [0.1, 0.15) is 36.9 Å². The Labute approximate surface area is 122 Å². The Kier molecular flexibility index (Phi) is 4.03. The Hall–Kier alpha value is -1.40. The number of hydrogen-bond donors (Lipinski definition) is 1. The topological polar surface area (TPSA) is 74.2 Å². The standard InChI is InChI=1S/C14H19N3O2S/c1-2-10-8-11(13(15)20-10)14-16-12(17-19-14)7-9-5-3-4-6-18-9/h8-9H,2-7,15H2,1H3. The van der Waals surface area contributed by atoms with E-state index in [4.69, 9.17) is 15.0 Å². The number of aryl methyl sites for hydroxylation is 1. The average molecular weight is 293 g/mol. The predicted octanol–water partition coefficient (Wildman–Crippen LogP) is 3.05. The number of nitrogens with zero attached hydrogens (tertiary/aromatic N) is 2. The van der Waals surface area contributed by atoms with Crippen molar-refractivity contribution in [2.24, 2.45) is 0 Å². The second kappa shape index (κ2) is 5.93. The molecule has 3 heterocycles. The molecule has 2 N–H and O–H groups in total. The molecule has 0 aliphatic carbocycles. The fraction of sp³-hybridized carbons (Fsp3) is 0.571. The third kappa shape index (κ3) is 2.86. The quantitative estimate of drug-likeness (QED) is 0.937. The van der Waals surface area contributed by atoms with Gasteiger partial charge in [0, 0.05) is 17.9 Å². The van der Waals surface area contributed by atoms with Gasteiger partial charge in [0.15, 0.2) is 5.82 Å². The number of rotatable bonds is 4. The minimum atomic E-state index is 0.222. The smallest absolute Gasteiger partial charge is 0.260 e. The highest BCUT2D eigenvalue weighted by molar-refractivity contribution is 7.16. The van der Waals surface area contributed by atoms with Crippen LogP contribution in [0.4, 0.5) is 5.00 Å². The van der Waals surface area contributed by atoms with Crippen LogP contribution in [0.5, 0.6) is 0 Å². The number of nitrogen functional groups attached to an aromatic ring is 1. The van der Waals surface area contributed by atoms with Gasteiger partial charge in [-0.05, 0) is 31.7 Å². The summed E-state index contributed by atoms with van der Waals surface area (Å²) in [6.07, 6.45) is 5.34. The first-order chi connectivity index (χ1) is 9.76. The minimum Gasteiger partial charge on any atom is -0.390 e. The molecular weight excluding hydrogens is 274 g/mol. The Morgan fingerprint density at radius 2 is 2.35 bits per heavy atom. The minimum absolute atomic E-state index is 0.222. The second-order valence-corrected chi connectivity index (χ2v) is 6.22. The van der Waals surface area contributed by atoms with Gasteiger partial charge in [-0.15, -0.1) is 11.3 Å². The van der Waals surface area contributed by atoms with Gasteiger partial charge in [-0.3, -0.25) is 0 Å². The van der Waals surface area contributed by atoms with Crippen LogP contribution in [0.25, 0.3) is 11.5 Å². The molecular formula is C14H19N3O2S. The summed E-state index contributed by atoms with van der Waals surface area (Å²) < 4.78 is 11.0. The van der Waals surface area contributed by atoms with Crippen LogP contribution in [0.3, 0.4) is 0 Å². The van der Waals surface area contributed by atoms with Gasteiger partial charge >= 0.3 is 0 Å². The lowest BCUT2D eigenvalue weighted by Gasteiger charge is -2.20. The van der Waals surface area contributed by atoms with Gasteiger partial charge in [-0.1, -0.05) is 12.1 Å². The highest BCUT2D eigenvalue weighted by Gasteiger charge is 2.19. The van der Waals surface area contributed by atoms with Crippen molar-refractivity contribution in [2.75, 3.05) is 12.3 Å². The molecule has 1 unspecified atom stereocenters. The van der Waals surface area contributed by atoms with E-state index < -0.39 is 0 Å². The Morgan fingerprint density at radius 3 is 3.05 bits per heavy atom. The van der Waals surface area contributed by atoms with Crippen molar-refractivity contribution in [3.05, 3.63) is 16.8 Å². The molecule has 1 aliphatic heterocycles. The Bertz CT molecular complexity index is 573. The first kappa shape index (κ1) is 13.6. The average Bonchev–Trinajstić information content (AvgIpc) is 3.06. The fourth-order valence-corrected chi connectivity index (χ4v) is 3.28. The number of thiophene rings is 1. The van der Waals surface area contributed by atoms with Crippen LogP contribution >= 0.6 is 11.3 Å². The molecule has 3 rings (SSSR count). The van der Waals surface area contributed by atoms with Gasteiger partial charge in [0.25, 0.3) is 5.89 Å². The first-order valence-corrected chi connectivity index (χ1v) is 7.90. The molecule has 5 nitrogen and oxygen atoms in total. The molecule has 0 saturated carbocycles. The maximum Gasteiger partial charge on any atom is 0.260 e. The molecule has 6 heteroatoms. The molecule has 1 fully saturated rings. The van der Waals surface area contributed by atoms with Gasteiger partial charge in [0.1, 0.15) is 0 Å². The number of anilines is 1. The summed E-state index contributed by atoms with van der Waals surface area (Å²) in [6.45, 7) is 2.95. The fourth-order valence-electron chi connectivity index (χ4n) is 2.42. The summed E-state index contributed by atoms with van der Waals surface area (Å²) in [5.41, 5.74) is 6.87. The van der Waals surface area contributed by atoms with E-state index in [1.165, 1.54) is 11.3 Å². The number of ether oxygens (including phenoxy) is 1. The van der Waals surface area contributed by atoms with E-state index >= 15 is 0 Å². The number of aromatic nitrogens is 2. The first-order valence-electron chi connectivity index (χ1n) is 7.09. The zero-order valence-corrected chi connectivity index (χ0v) is 12.4. The van der Waals surface area contributed by atoms with E-state index in [1.54, 1.807) is 11.3 Å². The molecule has 1 atom stereocenters. The molecule has 2 aromatic heterocycles. The van der Waals surface area contributed by atoms with E-state index in [-0.39, 0.29) is 6.10 Å². The van der Waals surface area contributed by atoms with Crippen molar-refractivity contribution in [3.8, 4) is 11.5 Å². The van der Waals surface area contributed by atoms with E-state index in [0.717, 1.165) is 36.4 Å². The molecule has 0 spiro atoms. The van der Waals surface area contributed by atoms with E-state index in [2.05, 4.69) is 17.1 Å². The SMILES string of the molecule is CCc1cc(-c2nc(CC3CCCCO3)no2)c(N)s1. The highest BCUT2D eigenvalue weighted by Crippen LogP contribution is 2.33. The molecule has 1 saturated heterocycles. The summed E-state index contributed by atoms with van der Waals surface area (Å²) in [6, 6.07) is 2.04. The van der Waals surface area contributed by atoms with Crippen molar-refractivity contribution in [1.29, 1.82) is 0 Å². The summed E-state index contributed by atoms with van der Waals surface area (Å²) in [4.78, 5) is 5.68. The largest absolute Gasteiger partial charge is 0.390 e. The van der Waals surface area contributed by atoms with Crippen LogP contribution in [0, 0.1) is 0 Å². The van der Waals surface area contributed by atoms with Gasteiger partial charge in [-0.25, -0.2) is 0 Å². The lowest BCUT2D eigenvalue weighted by molar-refractivity contribution is 0.0153. The maximum atomic E-state index is 6.01. The van der Waals surface area contributed by atoms with E-state index in [1.807, 2.05) is 6.07 Å². The highest BCUT2D eigenvalue weighted by atomic mass is 32.1. The molecule has 20 heavy (non-hydrogen) atoms. The second-order valence-electron chi connectivity index (χ2n) is 5.05. The van der Waals surface area contributed by atoms with Crippen LogP contribution in [-0.2, 0) is 17.6 Å². The Balaban J connectivity index is 1.73. The summed E-state index contributed by atoms with van der Waals surface area (Å²) >= 11 is 1.58.